The number of benzene rings is 1. The molecule has 1 atom stereocenters. The summed E-state index contributed by atoms with van der Waals surface area (Å²) in [6.07, 6.45) is -2.42. The van der Waals surface area contributed by atoms with Crippen LogP contribution < -0.4 is 9.80 Å². The molecule has 38 heavy (non-hydrogen) atoms. The largest absolute Gasteiger partial charge is 0.417 e. The van der Waals surface area contributed by atoms with Crippen molar-refractivity contribution < 1.29 is 22.8 Å². The first-order valence-electron chi connectivity index (χ1n) is 12.4. The summed E-state index contributed by atoms with van der Waals surface area (Å²) in [5.74, 6) is 0.484. The summed E-state index contributed by atoms with van der Waals surface area (Å²) >= 11 is 1.40. The summed E-state index contributed by atoms with van der Waals surface area (Å²) < 4.78 is 38.7. The molecule has 2 saturated heterocycles. The van der Waals surface area contributed by atoms with Gasteiger partial charge >= 0.3 is 6.18 Å². The normalized spacial score (nSPS) is 20.3. The van der Waals surface area contributed by atoms with Gasteiger partial charge in [0, 0.05) is 74.7 Å². The third-order valence-corrected chi connectivity index (χ3v) is 8.08. The number of nitrogens with zero attached hydrogens (tertiary/aromatic N) is 6. The highest BCUT2D eigenvalue weighted by Crippen LogP contribution is 2.38. The smallest absolute Gasteiger partial charge is 0.335 e. The van der Waals surface area contributed by atoms with E-state index in [1.165, 1.54) is 17.4 Å². The van der Waals surface area contributed by atoms with Crippen molar-refractivity contribution >= 4 is 40.3 Å². The fraction of sp³-hybridized carbons (Fsp3) is 0.385. The Hall–Kier alpha value is -3.51. The molecular weight excluding hydrogens is 517 g/mol. The van der Waals surface area contributed by atoms with E-state index in [2.05, 4.69) is 14.9 Å². The fourth-order valence-corrected chi connectivity index (χ4v) is 5.99. The number of piperazine rings is 1. The summed E-state index contributed by atoms with van der Waals surface area (Å²) in [4.78, 5) is 41.5. The number of halogens is 3. The van der Waals surface area contributed by atoms with Gasteiger partial charge in [0.15, 0.2) is 0 Å². The first kappa shape index (κ1) is 24.8. The van der Waals surface area contributed by atoms with Crippen molar-refractivity contribution in [1.82, 2.24) is 19.8 Å². The van der Waals surface area contributed by atoms with E-state index in [1.54, 1.807) is 10.9 Å². The third-order valence-electron chi connectivity index (χ3n) is 7.50. The second-order valence-corrected chi connectivity index (χ2v) is 10.4. The molecule has 12 heteroatoms. The van der Waals surface area contributed by atoms with Crippen LogP contribution in [0.2, 0.25) is 0 Å². The Morgan fingerprint density at radius 2 is 1.82 bits per heavy atom. The molecule has 0 radical (unpaired) electrons. The lowest BCUT2D eigenvalue weighted by molar-refractivity contribution is -0.137. The Bertz CT molecular complexity index is 1340. The predicted molar refractivity (Wildman–Crippen MR) is 137 cm³/mol. The fourth-order valence-electron chi connectivity index (χ4n) is 5.46. The Kier molecular flexibility index (Phi) is 6.31. The summed E-state index contributed by atoms with van der Waals surface area (Å²) in [5.41, 5.74) is 4.13. The molecule has 2 amide bonds. The van der Waals surface area contributed by atoms with E-state index in [-0.39, 0.29) is 17.9 Å². The second kappa shape index (κ2) is 9.66. The number of rotatable bonds is 4. The zero-order valence-corrected chi connectivity index (χ0v) is 21.2. The molecule has 0 saturated carbocycles. The quantitative estimate of drug-likeness (QED) is 0.499. The van der Waals surface area contributed by atoms with Crippen LogP contribution in [0.4, 0.5) is 30.4 Å². The number of carbonyl (C=O) groups is 2. The van der Waals surface area contributed by atoms with Crippen molar-refractivity contribution in [3.63, 3.8) is 0 Å². The van der Waals surface area contributed by atoms with Crippen LogP contribution in [0.3, 0.4) is 0 Å². The van der Waals surface area contributed by atoms with Crippen LogP contribution in [0.1, 0.15) is 28.0 Å². The van der Waals surface area contributed by atoms with Crippen molar-refractivity contribution in [3.05, 3.63) is 64.2 Å². The van der Waals surface area contributed by atoms with Gasteiger partial charge in [-0.3, -0.25) is 14.5 Å². The van der Waals surface area contributed by atoms with E-state index in [1.807, 2.05) is 32.9 Å². The van der Waals surface area contributed by atoms with E-state index >= 15 is 0 Å². The summed E-state index contributed by atoms with van der Waals surface area (Å²) in [7, 11) is 0. The van der Waals surface area contributed by atoms with Gasteiger partial charge in [-0.05, 0) is 42.3 Å². The van der Waals surface area contributed by atoms with Crippen molar-refractivity contribution in [2.24, 2.45) is 0 Å². The molecule has 5 heterocycles. The highest BCUT2D eigenvalue weighted by atomic mass is 32.1. The van der Waals surface area contributed by atoms with Crippen molar-refractivity contribution in [3.8, 4) is 0 Å². The predicted octanol–water partition coefficient (Wildman–Crippen LogP) is 3.81. The van der Waals surface area contributed by atoms with E-state index in [0.717, 1.165) is 29.2 Å². The molecule has 198 valence electrons. The second-order valence-electron chi connectivity index (χ2n) is 9.68. The maximum Gasteiger partial charge on any atom is 0.417 e. The topological polar surface area (TPSA) is 72.9 Å². The number of carbonyl (C=O) groups excluding carboxylic acids is 2. The van der Waals surface area contributed by atoms with Gasteiger partial charge in [0.25, 0.3) is 5.91 Å². The third kappa shape index (κ3) is 4.62. The minimum atomic E-state index is -4.42. The number of alkyl halides is 3. The molecule has 3 aliphatic rings. The molecule has 1 aromatic carbocycles. The number of fused-ring (bicyclic) bond motifs is 1. The molecule has 0 N–H and O–H groups in total. The number of aromatic nitrogens is 2. The lowest BCUT2D eigenvalue weighted by Crippen LogP contribution is -2.52. The molecule has 0 unspecified atom stereocenters. The van der Waals surface area contributed by atoms with E-state index < -0.39 is 11.7 Å². The Morgan fingerprint density at radius 3 is 2.50 bits per heavy atom. The van der Waals surface area contributed by atoms with Crippen molar-refractivity contribution in [1.29, 1.82) is 0 Å². The molecule has 6 rings (SSSR count). The summed E-state index contributed by atoms with van der Waals surface area (Å²) in [6, 6.07) is 8.34. The standard InChI is InChI=1S/C26H25F3N6O2S/c27-26(28,29)18-1-4-23(30-13-18)34-6-5-17-11-19(2-3-22(17)34)35-14-20(12-24(35)36)32-7-9-33(10-8-32)25(37)21-15-38-16-31-21/h1-4,11,13,15-16,20H,5-10,12,14H2/t20-/m1/s1. The van der Waals surface area contributed by atoms with Crippen LogP contribution >= 0.6 is 11.3 Å². The van der Waals surface area contributed by atoms with Gasteiger partial charge in [0.05, 0.1) is 11.1 Å². The van der Waals surface area contributed by atoms with E-state index in [9.17, 15) is 22.8 Å². The minimum absolute atomic E-state index is 0.0475. The monoisotopic (exact) mass is 542 g/mol. The molecule has 8 nitrogen and oxygen atoms in total. The van der Waals surface area contributed by atoms with Gasteiger partial charge in [-0.1, -0.05) is 0 Å². The first-order chi connectivity index (χ1) is 18.3. The van der Waals surface area contributed by atoms with Crippen LogP contribution in [-0.2, 0) is 17.4 Å². The minimum Gasteiger partial charge on any atom is -0.335 e. The molecule has 3 aliphatic heterocycles. The lowest BCUT2D eigenvalue weighted by Gasteiger charge is -2.37. The van der Waals surface area contributed by atoms with Gasteiger partial charge in [0.2, 0.25) is 5.91 Å². The lowest BCUT2D eigenvalue weighted by atomic mass is 10.1. The van der Waals surface area contributed by atoms with Gasteiger partial charge in [0.1, 0.15) is 11.5 Å². The highest BCUT2D eigenvalue weighted by molar-refractivity contribution is 7.07. The number of hydrogen-bond donors (Lipinski definition) is 0. The highest BCUT2D eigenvalue weighted by Gasteiger charge is 2.37. The molecule has 2 aromatic heterocycles. The molecule has 0 spiro atoms. The van der Waals surface area contributed by atoms with Crippen LogP contribution in [-0.4, -0.2) is 76.9 Å². The zero-order valence-electron chi connectivity index (χ0n) is 20.4. The number of thiazole rings is 1. The van der Waals surface area contributed by atoms with Crippen LogP contribution in [0.25, 0.3) is 0 Å². The maximum absolute atomic E-state index is 13.0. The molecule has 0 bridgehead atoms. The zero-order chi connectivity index (χ0) is 26.4. The number of amides is 2. The molecule has 0 aliphatic carbocycles. The number of pyridine rings is 1. The summed E-state index contributed by atoms with van der Waals surface area (Å²) in [6.45, 7) is 3.82. The number of anilines is 3. The van der Waals surface area contributed by atoms with Crippen LogP contribution in [0.5, 0.6) is 0 Å². The SMILES string of the molecule is O=C(c1cscn1)N1CCN([C@@H]2CC(=O)N(c3ccc4c(c3)CCN4c3ccc(C(F)(F)F)cn3)C2)CC1. The average Bonchev–Trinajstić information content (AvgIpc) is 3.68. The van der Waals surface area contributed by atoms with Gasteiger partial charge in [-0.2, -0.15) is 13.2 Å². The Morgan fingerprint density at radius 1 is 1.00 bits per heavy atom. The van der Waals surface area contributed by atoms with E-state index in [0.29, 0.717) is 63.6 Å². The van der Waals surface area contributed by atoms with Crippen molar-refractivity contribution in [2.75, 3.05) is 49.1 Å². The van der Waals surface area contributed by atoms with Gasteiger partial charge in [-0.15, -0.1) is 11.3 Å². The molecule has 2 fully saturated rings. The first-order valence-corrected chi connectivity index (χ1v) is 13.4. The number of hydrogen-bond acceptors (Lipinski definition) is 7. The summed E-state index contributed by atoms with van der Waals surface area (Å²) in [5, 5.41) is 1.76. The molecular formula is C26H25F3N6O2S. The Labute approximate surface area is 221 Å². The van der Waals surface area contributed by atoms with Crippen LogP contribution in [0, 0.1) is 0 Å². The van der Waals surface area contributed by atoms with Crippen LogP contribution in [0.15, 0.2) is 47.4 Å². The maximum atomic E-state index is 13.0. The average molecular weight is 543 g/mol. The molecule has 3 aromatic rings. The van der Waals surface area contributed by atoms with E-state index in [4.69, 9.17) is 0 Å². The van der Waals surface area contributed by atoms with Gasteiger partial charge in [-0.25, -0.2) is 9.97 Å². The van der Waals surface area contributed by atoms with Crippen molar-refractivity contribution in [2.45, 2.75) is 25.1 Å². The Balaban J connectivity index is 1.10. The van der Waals surface area contributed by atoms with Gasteiger partial charge < -0.3 is 14.7 Å².